The van der Waals surface area contributed by atoms with Gasteiger partial charge in [-0.3, -0.25) is 0 Å². The number of ether oxygens (including phenoxy) is 1. The first kappa shape index (κ1) is 15.6. The number of benzene rings is 1. The Morgan fingerprint density at radius 1 is 1.39 bits per heavy atom. The third-order valence-electron chi connectivity index (χ3n) is 2.82. The summed E-state index contributed by atoms with van der Waals surface area (Å²) in [6.45, 7) is 7.80. The number of methoxy groups -OCH3 is 1. The average Bonchev–Trinajstić information content (AvgIpc) is 2.36. The molecule has 0 amide bonds. The molecule has 0 radical (unpaired) electrons. The molecule has 0 heterocycles. The zero-order valence-electron chi connectivity index (χ0n) is 11.4. The van der Waals surface area contributed by atoms with E-state index in [2.05, 4.69) is 58.6 Å². The van der Waals surface area contributed by atoms with E-state index in [1.54, 1.807) is 7.11 Å². The van der Waals surface area contributed by atoms with E-state index in [1.807, 2.05) is 0 Å². The minimum absolute atomic E-state index is 0.446. The van der Waals surface area contributed by atoms with Crippen LogP contribution in [0, 0.1) is 6.92 Å². The largest absolute Gasteiger partial charge is 0.383 e. The summed E-state index contributed by atoms with van der Waals surface area (Å²) in [7, 11) is 1.72. The summed E-state index contributed by atoms with van der Waals surface area (Å²) in [4.78, 5) is 0. The fraction of sp³-hybridized carbons (Fsp3) is 0.571. The zero-order chi connectivity index (χ0) is 13.4. The van der Waals surface area contributed by atoms with E-state index in [-0.39, 0.29) is 0 Å². The van der Waals surface area contributed by atoms with Gasteiger partial charge in [0.05, 0.1) is 6.61 Å². The number of nitrogens with one attached hydrogen (secondary N) is 2. The molecule has 4 heteroatoms. The first-order valence-electron chi connectivity index (χ1n) is 6.31. The van der Waals surface area contributed by atoms with E-state index in [4.69, 9.17) is 4.74 Å². The quantitative estimate of drug-likeness (QED) is 0.723. The van der Waals surface area contributed by atoms with Crippen LogP contribution in [0.4, 0.5) is 0 Å². The van der Waals surface area contributed by atoms with Crippen molar-refractivity contribution in [2.75, 3.05) is 26.8 Å². The van der Waals surface area contributed by atoms with Crippen molar-refractivity contribution in [1.82, 2.24) is 10.6 Å². The van der Waals surface area contributed by atoms with Gasteiger partial charge in [0.1, 0.15) is 0 Å². The lowest BCUT2D eigenvalue weighted by Gasteiger charge is -2.15. The molecule has 0 aliphatic heterocycles. The second-order valence-electron chi connectivity index (χ2n) is 4.56. The van der Waals surface area contributed by atoms with Gasteiger partial charge in [0.25, 0.3) is 0 Å². The van der Waals surface area contributed by atoms with Gasteiger partial charge in [-0.25, -0.2) is 0 Å². The molecule has 0 aliphatic carbocycles. The molecule has 0 fully saturated rings. The molecule has 1 unspecified atom stereocenters. The van der Waals surface area contributed by atoms with Crippen molar-refractivity contribution < 1.29 is 4.74 Å². The van der Waals surface area contributed by atoms with Crippen LogP contribution in [0.5, 0.6) is 0 Å². The molecule has 0 saturated carbocycles. The van der Waals surface area contributed by atoms with Crippen LogP contribution >= 0.6 is 15.9 Å². The smallest absolute Gasteiger partial charge is 0.0587 e. The van der Waals surface area contributed by atoms with E-state index in [9.17, 15) is 0 Å². The lowest BCUT2D eigenvalue weighted by Crippen LogP contribution is -2.37. The van der Waals surface area contributed by atoms with E-state index in [0.29, 0.717) is 6.04 Å². The fourth-order valence-electron chi connectivity index (χ4n) is 1.60. The third kappa shape index (κ3) is 5.96. The number of aryl methyl sites for hydroxylation is 1. The molecule has 1 rings (SSSR count). The first-order valence-corrected chi connectivity index (χ1v) is 7.11. The van der Waals surface area contributed by atoms with Crippen molar-refractivity contribution in [3.63, 3.8) is 0 Å². The van der Waals surface area contributed by atoms with Crippen LogP contribution < -0.4 is 10.6 Å². The second-order valence-corrected chi connectivity index (χ2v) is 5.42. The van der Waals surface area contributed by atoms with E-state index >= 15 is 0 Å². The summed E-state index contributed by atoms with van der Waals surface area (Å²) in [6.07, 6.45) is 0. The monoisotopic (exact) mass is 314 g/mol. The Hall–Kier alpha value is -0.420. The summed E-state index contributed by atoms with van der Waals surface area (Å²) in [6, 6.07) is 6.93. The van der Waals surface area contributed by atoms with Gasteiger partial charge in [0.2, 0.25) is 0 Å². The normalized spacial score (nSPS) is 12.7. The van der Waals surface area contributed by atoms with Crippen LogP contribution in [0.25, 0.3) is 0 Å². The number of hydrogen-bond acceptors (Lipinski definition) is 3. The molecule has 2 N–H and O–H groups in total. The molecule has 0 aromatic heterocycles. The van der Waals surface area contributed by atoms with Crippen molar-refractivity contribution in [2.45, 2.75) is 26.4 Å². The molecule has 1 aromatic rings. The van der Waals surface area contributed by atoms with Gasteiger partial charge in [-0.2, -0.15) is 0 Å². The van der Waals surface area contributed by atoms with Crippen molar-refractivity contribution in [3.8, 4) is 0 Å². The van der Waals surface area contributed by atoms with Crippen LogP contribution in [0.3, 0.4) is 0 Å². The zero-order valence-corrected chi connectivity index (χ0v) is 13.0. The Bertz CT molecular complexity index is 358. The van der Waals surface area contributed by atoms with E-state index < -0.39 is 0 Å². The standard InChI is InChI=1S/C14H23BrN2O/c1-11-4-5-13(8-14(11)15)10-17-12(2)9-16-6-7-18-3/h4-5,8,12,16-17H,6-7,9-10H2,1-3H3. The van der Waals surface area contributed by atoms with Gasteiger partial charge in [0, 0.05) is 37.3 Å². The molecule has 0 aliphatic rings. The van der Waals surface area contributed by atoms with Crippen LogP contribution in [-0.4, -0.2) is 32.8 Å². The Kier molecular flexibility index (Phi) is 7.51. The SMILES string of the molecule is COCCNCC(C)NCc1ccc(C)c(Br)c1. The average molecular weight is 315 g/mol. The highest BCUT2D eigenvalue weighted by Gasteiger charge is 2.02. The second kappa shape index (κ2) is 8.64. The molecule has 0 saturated heterocycles. The summed E-state index contributed by atoms with van der Waals surface area (Å²) >= 11 is 3.56. The molecular formula is C14H23BrN2O. The molecule has 0 bridgehead atoms. The molecule has 1 atom stereocenters. The molecule has 0 spiro atoms. The minimum atomic E-state index is 0.446. The molecule has 18 heavy (non-hydrogen) atoms. The summed E-state index contributed by atoms with van der Waals surface area (Å²) in [5, 5.41) is 6.84. The van der Waals surface area contributed by atoms with Crippen molar-refractivity contribution in [3.05, 3.63) is 33.8 Å². The number of rotatable bonds is 8. The van der Waals surface area contributed by atoms with Gasteiger partial charge < -0.3 is 15.4 Å². The predicted octanol–water partition coefficient (Wildman–Crippen LogP) is 2.47. The molecule has 3 nitrogen and oxygen atoms in total. The summed E-state index contributed by atoms with van der Waals surface area (Å²) in [5.41, 5.74) is 2.57. The van der Waals surface area contributed by atoms with Gasteiger partial charge in [0.15, 0.2) is 0 Å². The number of hydrogen-bond donors (Lipinski definition) is 2. The highest BCUT2D eigenvalue weighted by Crippen LogP contribution is 2.17. The summed E-state index contributed by atoms with van der Waals surface area (Å²) < 4.78 is 6.16. The maximum atomic E-state index is 4.99. The van der Waals surface area contributed by atoms with Gasteiger partial charge in [-0.1, -0.05) is 28.1 Å². The van der Waals surface area contributed by atoms with Crippen LogP contribution in [0.1, 0.15) is 18.1 Å². The lowest BCUT2D eigenvalue weighted by molar-refractivity contribution is 0.198. The van der Waals surface area contributed by atoms with Gasteiger partial charge in [-0.15, -0.1) is 0 Å². The fourth-order valence-corrected chi connectivity index (χ4v) is 2.03. The molecule has 102 valence electrons. The van der Waals surface area contributed by atoms with Crippen molar-refractivity contribution in [2.24, 2.45) is 0 Å². The maximum absolute atomic E-state index is 4.99. The number of halogens is 1. The minimum Gasteiger partial charge on any atom is -0.383 e. The third-order valence-corrected chi connectivity index (χ3v) is 3.68. The van der Waals surface area contributed by atoms with E-state index in [1.165, 1.54) is 15.6 Å². The van der Waals surface area contributed by atoms with Gasteiger partial charge in [-0.05, 0) is 31.0 Å². The van der Waals surface area contributed by atoms with Crippen LogP contribution in [-0.2, 0) is 11.3 Å². The van der Waals surface area contributed by atoms with Crippen LogP contribution in [0.2, 0.25) is 0 Å². The highest BCUT2D eigenvalue weighted by atomic mass is 79.9. The predicted molar refractivity (Wildman–Crippen MR) is 79.9 cm³/mol. The van der Waals surface area contributed by atoms with Crippen molar-refractivity contribution in [1.29, 1.82) is 0 Å². The Morgan fingerprint density at radius 3 is 2.83 bits per heavy atom. The molecular weight excluding hydrogens is 292 g/mol. The highest BCUT2D eigenvalue weighted by molar-refractivity contribution is 9.10. The van der Waals surface area contributed by atoms with Gasteiger partial charge >= 0.3 is 0 Å². The Labute approximate surface area is 118 Å². The van der Waals surface area contributed by atoms with Crippen LogP contribution in [0.15, 0.2) is 22.7 Å². The lowest BCUT2D eigenvalue weighted by atomic mass is 10.1. The van der Waals surface area contributed by atoms with E-state index in [0.717, 1.165) is 26.2 Å². The van der Waals surface area contributed by atoms with Crippen molar-refractivity contribution >= 4 is 15.9 Å². The Morgan fingerprint density at radius 2 is 2.17 bits per heavy atom. The topological polar surface area (TPSA) is 33.3 Å². The maximum Gasteiger partial charge on any atom is 0.0587 e. The first-order chi connectivity index (χ1) is 8.63. The summed E-state index contributed by atoms with van der Waals surface area (Å²) in [5.74, 6) is 0. The molecule has 1 aromatic carbocycles. The Balaban J connectivity index is 2.24.